The van der Waals surface area contributed by atoms with Gasteiger partial charge in [-0.3, -0.25) is 4.90 Å². The Morgan fingerprint density at radius 3 is 2.55 bits per heavy atom. The number of benzene rings is 1. The molecule has 0 aliphatic carbocycles. The van der Waals surface area contributed by atoms with Crippen LogP contribution in [0.2, 0.25) is 0 Å². The zero-order chi connectivity index (χ0) is 14.5. The highest BCUT2D eigenvalue weighted by Gasteiger charge is 2.21. The molecule has 2 rings (SSSR count). The van der Waals surface area contributed by atoms with Crippen molar-refractivity contribution >= 4 is 11.7 Å². The molecular formula is C13H17F2N3O2. The van der Waals surface area contributed by atoms with Crippen molar-refractivity contribution < 1.29 is 18.7 Å². The van der Waals surface area contributed by atoms with E-state index in [-0.39, 0.29) is 12.3 Å². The second-order valence-electron chi connectivity index (χ2n) is 4.61. The van der Waals surface area contributed by atoms with Gasteiger partial charge in [0.25, 0.3) is 0 Å². The van der Waals surface area contributed by atoms with Crippen molar-refractivity contribution in [3.8, 4) is 0 Å². The van der Waals surface area contributed by atoms with E-state index in [0.29, 0.717) is 32.7 Å². The lowest BCUT2D eigenvalue weighted by molar-refractivity contribution is 0.127. The first-order valence-corrected chi connectivity index (χ1v) is 6.44. The maximum Gasteiger partial charge on any atom is 0.322 e. The fourth-order valence-corrected chi connectivity index (χ4v) is 2.10. The van der Waals surface area contributed by atoms with Gasteiger partial charge in [0.1, 0.15) is 11.6 Å². The Hall–Kier alpha value is -1.73. The number of carbonyl (C=O) groups excluding carboxylic acids is 1. The van der Waals surface area contributed by atoms with E-state index in [0.717, 1.165) is 12.1 Å². The maximum atomic E-state index is 13.4. The average molecular weight is 285 g/mol. The Kier molecular flexibility index (Phi) is 4.86. The molecule has 20 heavy (non-hydrogen) atoms. The number of nitrogens with one attached hydrogen (secondary N) is 1. The van der Waals surface area contributed by atoms with Crippen molar-refractivity contribution in [1.29, 1.82) is 0 Å². The van der Waals surface area contributed by atoms with E-state index < -0.39 is 17.7 Å². The molecule has 0 unspecified atom stereocenters. The Balaban J connectivity index is 1.89. The lowest BCUT2D eigenvalue weighted by Gasteiger charge is -2.34. The largest absolute Gasteiger partial charge is 0.395 e. The second-order valence-corrected chi connectivity index (χ2v) is 4.61. The molecule has 2 amide bonds. The Labute approximate surface area is 115 Å². The minimum Gasteiger partial charge on any atom is -0.395 e. The average Bonchev–Trinajstić information content (AvgIpc) is 2.43. The van der Waals surface area contributed by atoms with Crippen LogP contribution >= 0.6 is 0 Å². The quantitative estimate of drug-likeness (QED) is 0.874. The van der Waals surface area contributed by atoms with Crippen LogP contribution in [0.5, 0.6) is 0 Å². The summed E-state index contributed by atoms with van der Waals surface area (Å²) in [6.45, 7) is 3.03. The van der Waals surface area contributed by atoms with E-state index >= 15 is 0 Å². The van der Waals surface area contributed by atoms with E-state index in [1.165, 1.54) is 6.07 Å². The first-order valence-electron chi connectivity index (χ1n) is 6.44. The van der Waals surface area contributed by atoms with E-state index in [9.17, 15) is 13.6 Å². The van der Waals surface area contributed by atoms with Crippen LogP contribution in [0.4, 0.5) is 19.3 Å². The lowest BCUT2D eigenvalue weighted by Crippen LogP contribution is -2.50. The summed E-state index contributed by atoms with van der Waals surface area (Å²) >= 11 is 0. The molecule has 0 radical (unpaired) electrons. The monoisotopic (exact) mass is 285 g/mol. The number of β-amino-alcohol motifs (C(OH)–C–C–N with tert-alkyl or cyclic N) is 1. The minimum atomic E-state index is -0.794. The van der Waals surface area contributed by atoms with Crippen LogP contribution < -0.4 is 5.32 Å². The molecule has 2 N–H and O–H groups in total. The standard InChI is InChI=1S/C13H17F2N3O2/c14-10-1-2-12(11(15)9-10)16-13(20)18-5-3-17(4-6-18)7-8-19/h1-2,9,19H,3-8H2,(H,16,20). The molecule has 1 aliphatic rings. The smallest absolute Gasteiger partial charge is 0.322 e. The Morgan fingerprint density at radius 2 is 1.95 bits per heavy atom. The highest BCUT2D eigenvalue weighted by Crippen LogP contribution is 2.16. The van der Waals surface area contributed by atoms with Crippen LogP contribution in [0.3, 0.4) is 0 Å². The Bertz CT molecular complexity index is 477. The van der Waals surface area contributed by atoms with Gasteiger partial charge in [0.15, 0.2) is 0 Å². The van der Waals surface area contributed by atoms with Crippen LogP contribution in [0.15, 0.2) is 18.2 Å². The lowest BCUT2D eigenvalue weighted by atomic mass is 10.3. The first-order chi connectivity index (χ1) is 9.60. The van der Waals surface area contributed by atoms with Gasteiger partial charge in [-0.2, -0.15) is 0 Å². The summed E-state index contributed by atoms with van der Waals surface area (Å²) in [6, 6.07) is 2.62. The second kappa shape index (κ2) is 6.62. The summed E-state index contributed by atoms with van der Waals surface area (Å²) in [4.78, 5) is 15.6. The number of hydrogen-bond acceptors (Lipinski definition) is 3. The number of piperazine rings is 1. The van der Waals surface area contributed by atoms with Crippen molar-refractivity contribution in [1.82, 2.24) is 9.80 Å². The van der Waals surface area contributed by atoms with Crippen molar-refractivity contribution in [3.05, 3.63) is 29.8 Å². The molecule has 1 aromatic carbocycles. The number of nitrogens with zero attached hydrogens (tertiary/aromatic N) is 2. The number of hydrogen-bond donors (Lipinski definition) is 2. The van der Waals surface area contributed by atoms with Gasteiger partial charge >= 0.3 is 6.03 Å². The first kappa shape index (κ1) is 14.7. The number of anilines is 1. The highest BCUT2D eigenvalue weighted by molar-refractivity contribution is 5.89. The van der Waals surface area contributed by atoms with Gasteiger partial charge < -0.3 is 15.3 Å². The normalized spacial score (nSPS) is 16.2. The van der Waals surface area contributed by atoms with Gasteiger partial charge in [-0.25, -0.2) is 13.6 Å². The van der Waals surface area contributed by atoms with Gasteiger partial charge in [-0.15, -0.1) is 0 Å². The summed E-state index contributed by atoms with van der Waals surface area (Å²) in [7, 11) is 0. The molecule has 1 aliphatic heterocycles. The maximum absolute atomic E-state index is 13.4. The molecule has 0 bridgehead atoms. The van der Waals surface area contributed by atoms with Gasteiger partial charge in [-0.1, -0.05) is 0 Å². The third-order valence-electron chi connectivity index (χ3n) is 3.25. The van der Waals surface area contributed by atoms with E-state index in [4.69, 9.17) is 5.11 Å². The van der Waals surface area contributed by atoms with Crippen molar-refractivity contribution in [2.24, 2.45) is 0 Å². The zero-order valence-corrected chi connectivity index (χ0v) is 11.0. The summed E-state index contributed by atoms with van der Waals surface area (Å²) in [5.41, 5.74) is -0.0332. The van der Waals surface area contributed by atoms with Crippen molar-refractivity contribution in [2.75, 3.05) is 44.6 Å². The zero-order valence-electron chi connectivity index (χ0n) is 11.0. The third kappa shape index (κ3) is 3.64. The molecule has 0 atom stereocenters. The fraction of sp³-hybridized carbons (Fsp3) is 0.462. The predicted octanol–water partition coefficient (Wildman–Crippen LogP) is 1.11. The highest BCUT2D eigenvalue weighted by atomic mass is 19.1. The molecule has 7 heteroatoms. The molecule has 1 aromatic rings. The number of aliphatic hydroxyl groups excluding tert-OH is 1. The SMILES string of the molecule is O=C(Nc1ccc(F)cc1F)N1CCN(CCO)CC1. The Morgan fingerprint density at radius 1 is 1.25 bits per heavy atom. The van der Waals surface area contributed by atoms with Crippen LogP contribution in [-0.2, 0) is 0 Å². The van der Waals surface area contributed by atoms with Crippen molar-refractivity contribution in [3.63, 3.8) is 0 Å². The molecular weight excluding hydrogens is 268 g/mol. The number of carbonyl (C=O) groups is 1. The number of aliphatic hydroxyl groups is 1. The number of urea groups is 1. The van der Waals surface area contributed by atoms with Gasteiger partial charge in [0.05, 0.1) is 12.3 Å². The summed E-state index contributed by atoms with van der Waals surface area (Å²) < 4.78 is 26.2. The minimum absolute atomic E-state index is 0.0332. The topological polar surface area (TPSA) is 55.8 Å². The van der Waals surface area contributed by atoms with E-state index in [1.54, 1.807) is 4.90 Å². The number of rotatable bonds is 3. The summed E-state index contributed by atoms with van der Waals surface area (Å²) in [5.74, 6) is -1.48. The molecule has 110 valence electrons. The van der Waals surface area contributed by atoms with Crippen LogP contribution in [0.1, 0.15) is 0 Å². The molecule has 5 nitrogen and oxygen atoms in total. The van der Waals surface area contributed by atoms with Gasteiger partial charge in [0.2, 0.25) is 0 Å². The van der Waals surface area contributed by atoms with E-state index in [2.05, 4.69) is 5.32 Å². The van der Waals surface area contributed by atoms with Crippen LogP contribution in [0.25, 0.3) is 0 Å². The van der Waals surface area contributed by atoms with Gasteiger partial charge in [0, 0.05) is 38.8 Å². The molecule has 1 heterocycles. The molecule has 0 aromatic heterocycles. The number of amides is 2. The third-order valence-corrected chi connectivity index (χ3v) is 3.25. The van der Waals surface area contributed by atoms with E-state index in [1.807, 2.05) is 4.90 Å². The van der Waals surface area contributed by atoms with Crippen LogP contribution in [-0.4, -0.2) is 60.3 Å². The fourth-order valence-electron chi connectivity index (χ4n) is 2.10. The summed E-state index contributed by atoms with van der Waals surface area (Å²) in [6.07, 6.45) is 0. The predicted molar refractivity (Wildman–Crippen MR) is 70.5 cm³/mol. The molecule has 1 fully saturated rings. The van der Waals surface area contributed by atoms with Gasteiger partial charge in [-0.05, 0) is 12.1 Å². The molecule has 0 saturated carbocycles. The van der Waals surface area contributed by atoms with Crippen LogP contribution in [0, 0.1) is 11.6 Å². The summed E-state index contributed by atoms with van der Waals surface area (Å²) in [5, 5.41) is 11.3. The number of halogens is 2. The molecule has 0 spiro atoms. The molecule has 1 saturated heterocycles. The van der Waals surface area contributed by atoms with Crippen molar-refractivity contribution in [2.45, 2.75) is 0 Å².